The molecule has 0 saturated carbocycles. The van der Waals surface area contributed by atoms with Gasteiger partial charge in [0.2, 0.25) is 11.8 Å². The average molecular weight is 452 g/mol. The Morgan fingerprint density at radius 1 is 1.07 bits per heavy atom. The number of carbonyl (C=O) groups is 3. The lowest BCUT2D eigenvalue weighted by Gasteiger charge is -2.06. The van der Waals surface area contributed by atoms with E-state index in [9.17, 15) is 14.4 Å². The minimum Gasteiger partial charge on any atom is -0.482 e. The van der Waals surface area contributed by atoms with E-state index in [0.717, 1.165) is 0 Å². The van der Waals surface area contributed by atoms with Gasteiger partial charge in [0.25, 0.3) is 0 Å². The normalized spacial score (nSPS) is 10.5. The van der Waals surface area contributed by atoms with Crippen LogP contribution in [0.4, 0.5) is 5.69 Å². The van der Waals surface area contributed by atoms with Gasteiger partial charge in [-0.25, -0.2) is 10.2 Å². The summed E-state index contributed by atoms with van der Waals surface area (Å²) in [6.45, 7) is 1.78. The van der Waals surface area contributed by atoms with Crippen molar-refractivity contribution in [3.63, 3.8) is 0 Å². The lowest BCUT2D eigenvalue weighted by molar-refractivity contribution is -0.145. The van der Waals surface area contributed by atoms with Crippen LogP contribution >= 0.6 is 23.2 Å². The third-order valence-electron chi connectivity index (χ3n) is 3.45. The predicted octanol–water partition coefficient (Wildman–Crippen LogP) is 3.41. The highest BCUT2D eigenvalue weighted by Gasteiger charge is 2.10. The molecular formula is C20H19Cl2N3O5. The number of anilines is 1. The van der Waals surface area contributed by atoms with E-state index in [1.54, 1.807) is 37.3 Å². The molecule has 158 valence electrons. The second-order valence-electron chi connectivity index (χ2n) is 5.81. The summed E-state index contributed by atoms with van der Waals surface area (Å²) >= 11 is 11.7. The number of benzene rings is 2. The standard InChI is InChI=1S/C20H19Cl2N3O5/c1-2-29-20(28)12-30-15-5-3-4-13(8-15)11-23-25-19(27)10-18(26)24-14-6-7-16(21)17(22)9-14/h3-9,11H,2,10,12H2,1H3,(H,24,26)(H,25,27). The summed E-state index contributed by atoms with van der Waals surface area (Å²) in [7, 11) is 0. The van der Waals surface area contributed by atoms with Gasteiger partial charge in [-0.1, -0.05) is 35.3 Å². The van der Waals surface area contributed by atoms with Crippen LogP contribution in [-0.2, 0) is 19.1 Å². The van der Waals surface area contributed by atoms with Gasteiger partial charge in [0.1, 0.15) is 12.2 Å². The van der Waals surface area contributed by atoms with E-state index >= 15 is 0 Å². The number of hydrazone groups is 1. The molecule has 0 spiro atoms. The topological polar surface area (TPSA) is 106 Å². The largest absolute Gasteiger partial charge is 0.482 e. The maximum absolute atomic E-state index is 11.9. The first-order chi connectivity index (χ1) is 14.4. The minimum atomic E-state index is -0.599. The number of ether oxygens (including phenoxy) is 2. The Morgan fingerprint density at radius 2 is 1.87 bits per heavy atom. The maximum atomic E-state index is 11.9. The summed E-state index contributed by atoms with van der Waals surface area (Å²) in [5.74, 6) is -1.16. The van der Waals surface area contributed by atoms with Gasteiger partial charge in [-0.05, 0) is 42.8 Å². The number of esters is 1. The average Bonchev–Trinajstić information content (AvgIpc) is 2.70. The molecule has 0 unspecified atom stereocenters. The van der Waals surface area contributed by atoms with Gasteiger partial charge in [-0.2, -0.15) is 5.10 Å². The van der Waals surface area contributed by atoms with E-state index in [1.807, 2.05) is 0 Å². The Morgan fingerprint density at radius 3 is 2.60 bits per heavy atom. The molecule has 8 nitrogen and oxygen atoms in total. The smallest absolute Gasteiger partial charge is 0.344 e. The van der Waals surface area contributed by atoms with Gasteiger partial charge in [0.05, 0.1) is 22.9 Å². The van der Waals surface area contributed by atoms with Crippen molar-refractivity contribution in [1.82, 2.24) is 5.43 Å². The number of carbonyl (C=O) groups excluding carboxylic acids is 3. The molecular weight excluding hydrogens is 433 g/mol. The number of amides is 2. The molecule has 0 atom stereocenters. The Kier molecular flexibility index (Phi) is 9.11. The summed E-state index contributed by atoms with van der Waals surface area (Å²) in [6, 6.07) is 11.3. The van der Waals surface area contributed by atoms with Crippen molar-refractivity contribution >= 4 is 52.9 Å². The van der Waals surface area contributed by atoms with Gasteiger partial charge in [-0.3, -0.25) is 9.59 Å². The molecule has 30 heavy (non-hydrogen) atoms. The molecule has 0 aliphatic heterocycles. The summed E-state index contributed by atoms with van der Waals surface area (Å²) in [6.07, 6.45) is 0.951. The van der Waals surface area contributed by atoms with Gasteiger partial charge in [0.15, 0.2) is 6.61 Å². The molecule has 0 bridgehead atoms. The van der Waals surface area contributed by atoms with Crippen molar-refractivity contribution in [1.29, 1.82) is 0 Å². The molecule has 0 heterocycles. The predicted molar refractivity (Wildman–Crippen MR) is 114 cm³/mol. The molecule has 0 radical (unpaired) electrons. The van der Waals surface area contributed by atoms with Crippen LogP contribution < -0.4 is 15.5 Å². The Bertz CT molecular complexity index is 950. The molecule has 2 N–H and O–H groups in total. The quantitative estimate of drug-likeness (QED) is 0.263. The molecule has 2 amide bonds. The molecule has 0 aliphatic carbocycles. The van der Waals surface area contributed by atoms with Crippen LogP contribution in [-0.4, -0.2) is 37.2 Å². The molecule has 0 saturated heterocycles. The number of hydrogen-bond donors (Lipinski definition) is 2. The molecule has 2 rings (SSSR count). The van der Waals surface area contributed by atoms with Crippen molar-refractivity contribution in [2.24, 2.45) is 5.10 Å². The minimum absolute atomic E-state index is 0.209. The number of hydrogen-bond acceptors (Lipinski definition) is 6. The number of halogens is 2. The Hall–Kier alpha value is -3.10. The van der Waals surface area contributed by atoms with Crippen LogP contribution in [0.3, 0.4) is 0 Å². The third kappa shape index (κ3) is 8.10. The molecule has 10 heteroatoms. The summed E-state index contributed by atoms with van der Waals surface area (Å²) in [5, 5.41) is 6.99. The first kappa shape index (κ1) is 23.2. The van der Waals surface area contributed by atoms with E-state index in [-0.39, 0.29) is 18.2 Å². The maximum Gasteiger partial charge on any atom is 0.344 e. The number of rotatable bonds is 9. The second-order valence-corrected chi connectivity index (χ2v) is 6.63. The van der Waals surface area contributed by atoms with Crippen molar-refractivity contribution in [2.75, 3.05) is 18.5 Å². The van der Waals surface area contributed by atoms with Crippen LogP contribution in [0.15, 0.2) is 47.6 Å². The molecule has 0 aromatic heterocycles. The van der Waals surface area contributed by atoms with Crippen LogP contribution in [0, 0.1) is 0 Å². The molecule has 0 aliphatic rings. The van der Waals surface area contributed by atoms with E-state index in [4.69, 9.17) is 32.7 Å². The zero-order chi connectivity index (χ0) is 21.9. The highest BCUT2D eigenvalue weighted by atomic mass is 35.5. The monoisotopic (exact) mass is 451 g/mol. The molecule has 0 fully saturated rings. The van der Waals surface area contributed by atoms with Crippen molar-refractivity contribution in [2.45, 2.75) is 13.3 Å². The molecule has 2 aromatic rings. The Balaban J connectivity index is 1.80. The van der Waals surface area contributed by atoms with Gasteiger partial charge >= 0.3 is 5.97 Å². The van der Waals surface area contributed by atoms with Crippen LogP contribution in [0.2, 0.25) is 10.0 Å². The fourth-order valence-electron chi connectivity index (χ4n) is 2.17. The van der Waals surface area contributed by atoms with Crippen LogP contribution in [0.5, 0.6) is 5.75 Å². The third-order valence-corrected chi connectivity index (χ3v) is 4.19. The van der Waals surface area contributed by atoms with Crippen molar-refractivity contribution < 1.29 is 23.9 Å². The van der Waals surface area contributed by atoms with E-state index in [1.165, 1.54) is 18.3 Å². The van der Waals surface area contributed by atoms with E-state index in [2.05, 4.69) is 15.8 Å². The number of nitrogens with zero attached hydrogens (tertiary/aromatic N) is 1. The SMILES string of the molecule is CCOC(=O)COc1cccc(C=NNC(=O)CC(=O)Nc2ccc(Cl)c(Cl)c2)c1. The highest BCUT2D eigenvalue weighted by Crippen LogP contribution is 2.25. The highest BCUT2D eigenvalue weighted by molar-refractivity contribution is 6.42. The summed E-state index contributed by atoms with van der Waals surface area (Å²) in [4.78, 5) is 35.1. The van der Waals surface area contributed by atoms with E-state index in [0.29, 0.717) is 22.0 Å². The fourth-order valence-corrected chi connectivity index (χ4v) is 2.47. The van der Waals surface area contributed by atoms with Gasteiger partial charge < -0.3 is 14.8 Å². The lowest BCUT2D eigenvalue weighted by atomic mass is 10.2. The zero-order valence-electron chi connectivity index (χ0n) is 16.0. The van der Waals surface area contributed by atoms with Crippen LogP contribution in [0.25, 0.3) is 0 Å². The van der Waals surface area contributed by atoms with Crippen molar-refractivity contribution in [3.8, 4) is 5.75 Å². The zero-order valence-corrected chi connectivity index (χ0v) is 17.5. The van der Waals surface area contributed by atoms with Crippen molar-refractivity contribution in [3.05, 3.63) is 58.1 Å². The van der Waals surface area contributed by atoms with Crippen LogP contribution in [0.1, 0.15) is 18.9 Å². The summed E-state index contributed by atoms with van der Waals surface area (Å²) in [5.41, 5.74) is 3.31. The summed E-state index contributed by atoms with van der Waals surface area (Å²) < 4.78 is 10.1. The van der Waals surface area contributed by atoms with E-state index < -0.39 is 24.2 Å². The first-order valence-electron chi connectivity index (χ1n) is 8.82. The second kappa shape index (κ2) is 11.8. The Labute approximate surface area is 183 Å². The first-order valence-corrected chi connectivity index (χ1v) is 9.58. The number of nitrogens with one attached hydrogen (secondary N) is 2. The lowest BCUT2D eigenvalue weighted by Crippen LogP contribution is -2.24. The molecule has 2 aromatic carbocycles. The van der Waals surface area contributed by atoms with Gasteiger partial charge in [-0.15, -0.1) is 0 Å². The van der Waals surface area contributed by atoms with Gasteiger partial charge in [0, 0.05) is 5.69 Å². The fraction of sp³-hybridized carbons (Fsp3) is 0.200.